The van der Waals surface area contributed by atoms with Gasteiger partial charge in [-0.1, -0.05) is 38.0 Å². The van der Waals surface area contributed by atoms with Gasteiger partial charge in [0.15, 0.2) is 0 Å². The highest BCUT2D eigenvalue weighted by atomic mass is 16.5. The first kappa shape index (κ1) is 14.0. The molecule has 1 amide bonds. The van der Waals surface area contributed by atoms with E-state index in [1.807, 2.05) is 18.2 Å². The van der Waals surface area contributed by atoms with Gasteiger partial charge < -0.3 is 4.74 Å². The van der Waals surface area contributed by atoms with Crippen molar-refractivity contribution in [3.8, 4) is 0 Å². The fourth-order valence-electron chi connectivity index (χ4n) is 2.67. The van der Waals surface area contributed by atoms with E-state index in [-0.39, 0.29) is 5.91 Å². The fraction of sp³-hybridized carbons (Fsp3) is 0.533. The summed E-state index contributed by atoms with van der Waals surface area (Å²) in [7, 11) is 0. The highest BCUT2D eigenvalue weighted by molar-refractivity contribution is 5.95. The Morgan fingerprint density at radius 1 is 1.37 bits per heavy atom. The Morgan fingerprint density at radius 2 is 2.11 bits per heavy atom. The fourth-order valence-corrected chi connectivity index (χ4v) is 2.67. The summed E-state index contributed by atoms with van der Waals surface area (Å²) in [6.45, 7) is 2.71. The Morgan fingerprint density at radius 3 is 2.84 bits per heavy atom. The van der Waals surface area contributed by atoms with E-state index >= 15 is 0 Å². The maximum absolute atomic E-state index is 11.7. The number of hydrogen-bond acceptors (Lipinski definition) is 3. The molecule has 1 aromatic carbocycles. The SMILES string of the molecule is CC1CCCCC1OCc1ccccc1C(=O)NN. The third-order valence-electron chi connectivity index (χ3n) is 3.88. The van der Waals surface area contributed by atoms with Crippen molar-refractivity contribution in [1.29, 1.82) is 0 Å². The molecule has 1 aliphatic rings. The molecule has 19 heavy (non-hydrogen) atoms. The van der Waals surface area contributed by atoms with E-state index in [0.29, 0.717) is 24.2 Å². The lowest BCUT2D eigenvalue weighted by Crippen LogP contribution is -2.31. The van der Waals surface area contributed by atoms with Gasteiger partial charge in [0.05, 0.1) is 12.7 Å². The molecule has 0 aliphatic heterocycles. The van der Waals surface area contributed by atoms with E-state index in [2.05, 4.69) is 12.3 Å². The van der Waals surface area contributed by atoms with Crippen molar-refractivity contribution in [1.82, 2.24) is 5.43 Å². The first-order valence-corrected chi connectivity index (χ1v) is 6.93. The molecule has 4 heteroatoms. The van der Waals surface area contributed by atoms with E-state index in [0.717, 1.165) is 12.0 Å². The first-order chi connectivity index (χ1) is 9.22. The highest BCUT2D eigenvalue weighted by Crippen LogP contribution is 2.27. The molecule has 2 unspecified atom stereocenters. The van der Waals surface area contributed by atoms with Crippen molar-refractivity contribution in [3.05, 3.63) is 35.4 Å². The number of hydrazine groups is 1. The molecule has 3 N–H and O–H groups in total. The van der Waals surface area contributed by atoms with Gasteiger partial charge in [-0.3, -0.25) is 10.2 Å². The second-order valence-corrected chi connectivity index (χ2v) is 5.24. The van der Waals surface area contributed by atoms with Crippen molar-refractivity contribution in [3.63, 3.8) is 0 Å². The molecule has 2 atom stereocenters. The molecule has 0 radical (unpaired) electrons. The summed E-state index contributed by atoms with van der Waals surface area (Å²) < 4.78 is 6.00. The second kappa shape index (κ2) is 6.68. The predicted octanol–water partition coefficient (Wildman–Crippen LogP) is 2.39. The molecule has 104 valence electrons. The van der Waals surface area contributed by atoms with E-state index in [1.165, 1.54) is 19.3 Å². The summed E-state index contributed by atoms with van der Waals surface area (Å²) >= 11 is 0. The molecule has 0 spiro atoms. The molecule has 1 aromatic rings. The summed E-state index contributed by atoms with van der Waals surface area (Å²) in [5.41, 5.74) is 3.66. The number of carbonyl (C=O) groups is 1. The first-order valence-electron chi connectivity index (χ1n) is 6.93. The van der Waals surface area contributed by atoms with Crippen LogP contribution >= 0.6 is 0 Å². The molecule has 0 saturated heterocycles. The highest BCUT2D eigenvalue weighted by Gasteiger charge is 2.22. The van der Waals surface area contributed by atoms with Crippen molar-refractivity contribution >= 4 is 5.91 Å². The maximum atomic E-state index is 11.7. The quantitative estimate of drug-likeness (QED) is 0.497. The number of benzene rings is 1. The Balaban J connectivity index is 2.01. The molecule has 1 saturated carbocycles. The molecule has 1 aliphatic carbocycles. The van der Waals surface area contributed by atoms with Gasteiger partial charge in [-0.15, -0.1) is 0 Å². The van der Waals surface area contributed by atoms with Gasteiger partial charge in [-0.2, -0.15) is 0 Å². The van der Waals surface area contributed by atoms with Crippen LogP contribution in [0.3, 0.4) is 0 Å². The Bertz CT molecular complexity index is 434. The molecular formula is C15H22N2O2. The van der Waals surface area contributed by atoms with Gasteiger partial charge in [0.1, 0.15) is 0 Å². The van der Waals surface area contributed by atoms with Crippen LogP contribution in [0.25, 0.3) is 0 Å². The maximum Gasteiger partial charge on any atom is 0.265 e. The summed E-state index contributed by atoms with van der Waals surface area (Å²) in [6, 6.07) is 7.43. The van der Waals surface area contributed by atoms with Gasteiger partial charge in [-0.05, 0) is 30.4 Å². The molecule has 4 nitrogen and oxygen atoms in total. The van der Waals surface area contributed by atoms with Crippen LogP contribution in [0, 0.1) is 5.92 Å². The molecular weight excluding hydrogens is 240 g/mol. The summed E-state index contributed by atoms with van der Waals surface area (Å²) in [5, 5.41) is 0. The van der Waals surface area contributed by atoms with E-state index in [1.54, 1.807) is 6.07 Å². The van der Waals surface area contributed by atoms with Crippen LogP contribution in [0.5, 0.6) is 0 Å². The lowest BCUT2D eigenvalue weighted by molar-refractivity contribution is -0.0156. The van der Waals surface area contributed by atoms with Crippen LogP contribution < -0.4 is 11.3 Å². The minimum atomic E-state index is -0.268. The minimum absolute atomic E-state index is 0.268. The Hall–Kier alpha value is -1.39. The van der Waals surface area contributed by atoms with Crippen molar-refractivity contribution in [2.24, 2.45) is 11.8 Å². The summed E-state index contributed by atoms with van der Waals surface area (Å²) in [4.78, 5) is 11.7. The van der Waals surface area contributed by atoms with Crippen molar-refractivity contribution in [2.45, 2.75) is 45.3 Å². The Labute approximate surface area is 114 Å². The number of ether oxygens (including phenoxy) is 1. The number of nitrogens with two attached hydrogens (primary N) is 1. The van der Waals surface area contributed by atoms with E-state index in [9.17, 15) is 4.79 Å². The molecule has 0 heterocycles. The average Bonchev–Trinajstić information content (AvgIpc) is 2.46. The van der Waals surface area contributed by atoms with Crippen LogP contribution in [0.2, 0.25) is 0 Å². The largest absolute Gasteiger partial charge is 0.373 e. The third-order valence-corrected chi connectivity index (χ3v) is 3.88. The second-order valence-electron chi connectivity index (χ2n) is 5.24. The van der Waals surface area contributed by atoms with Gasteiger partial charge >= 0.3 is 0 Å². The van der Waals surface area contributed by atoms with Crippen LogP contribution in [0.1, 0.15) is 48.5 Å². The summed E-state index contributed by atoms with van der Waals surface area (Å²) in [5.74, 6) is 5.53. The van der Waals surface area contributed by atoms with E-state index in [4.69, 9.17) is 10.6 Å². The number of rotatable bonds is 4. The molecule has 0 aromatic heterocycles. The van der Waals surface area contributed by atoms with E-state index < -0.39 is 0 Å². The topological polar surface area (TPSA) is 64.3 Å². The Kier molecular flexibility index (Phi) is 4.93. The number of amides is 1. The minimum Gasteiger partial charge on any atom is -0.373 e. The lowest BCUT2D eigenvalue weighted by atomic mass is 9.88. The lowest BCUT2D eigenvalue weighted by Gasteiger charge is -2.29. The zero-order valence-electron chi connectivity index (χ0n) is 11.4. The zero-order valence-corrected chi connectivity index (χ0v) is 11.4. The smallest absolute Gasteiger partial charge is 0.265 e. The number of nitrogen functional groups attached to an aromatic ring is 1. The number of nitrogens with one attached hydrogen (secondary N) is 1. The standard InChI is InChI=1S/C15H22N2O2/c1-11-6-2-5-9-14(11)19-10-12-7-3-4-8-13(12)15(18)17-16/h3-4,7-8,11,14H,2,5-6,9-10,16H2,1H3,(H,17,18). The number of carbonyl (C=O) groups excluding carboxylic acids is 1. The normalized spacial score (nSPS) is 23.1. The number of hydrogen-bond donors (Lipinski definition) is 2. The van der Waals surface area contributed by atoms with Crippen molar-refractivity contribution < 1.29 is 9.53 Å². The monoisotopic (exact) mass is 262 g/mol. The molecule has 1 fully saturated rings. The van der Waals surface area contributed by atoms with Gasteiger partial charge in [0.2, 0.25) is 0 Å². The average molecular weight is 262 g/mol. The molecule has 2 rings (SSSR count). The summed E-state index contributed by atoms with van der Waals surface area (Å²) in [6.07, 6.45) is 5.19. The van der Waals surface area contributed by atoms with Gasteiger partial charge in [0.25, 0.3) is 5.91 Å². The van der Waals surface area contributed by atoms with Gasteiger partial charge in [0, 0.05) is 5.56 Å². The third kappa shape index (κ3) is 3.55. The predicted molar refractivity (Wildman–Crippen MR) is 74.3 cm³/mol. The van der Waals surface area contributed by atoms with Crippen LogP contribution in [-0.4, -0.2) is 12.0 Å². The zero-order chi connectivity index (χ0) is 13.7. The van der Waals surface area contributed by atoms with Crippen LogP contribution in [0.4, 0.5) is 0 Å². The van der Waals surface area contributed by atoms with Gasteiger partial charge in [-0.25, -0.2) is 5.84 Å². The van der Waals surface area contributed by atoms with Crippen LogP contribution in [-0.2, 0) is 11.3 Å². The van der Waals surface area contributed by atoms with Crippen LogP contribution in [0.15, 0.2) is 24.3 Å². The molecule has 0 bridgehead atoms. The van der Waals surface area contributed by atoms with Crippen molar-refractivity contribution in [2.75, 3.05) is 0 Å².